The van der Waals surface area contributed by atoms with Gasteiger partial charge in [0.2, 0.25) is 0 Å². The number of hydrogen-bond donors (Lipinski definition) is 0. The highest BCUT2D eigenvalue weighted by molar-refractivity contribution is 5.81. The molecule has 4 nitrogen and oxygen atoms in total. The minimum Gasteiger partial charge on any atom is -0.469 e. The second kappa shape index (κ2) is 6.97. The van der Waals surface area contributed by atoms with Crippen LogP contribution < -0.4 is 4.74 Å². The first kappa shape index (κ1) is 16.6. The molecule has 0 radical (unpaired) electrons. The van der Waals surface area contributed by atoms with Gasteiger partial charge in [0, 0.05) is 12.7 Å². The van der Waals surface area contributed by atoms with Crippen LogP contribution in [0.2, 0.25) is 0 Å². The molecule has 22 heavy (non-hydrogen) atoms. The van der Waals surface area contributed by atoms with Crippen LogP contribution in [0.3, 0.4) is 0 Å². The maximum Gasteiger partial charge on any atom is 0.311 e. The summed E-state index contributed by atoms with van der Waals surface area (Å²) in [5, 5.41) is 0. The molecule has 4 heteroatoms. The monoisotopic (exact) mass is 304 g/mol. The Morgan fingerprint density at radius 2 is 2.05 bits per heavy atom. The van der Waals surface area contributed by atoms with Gasteiger partial charge in [-0.2, -0.15) is 0 Å². The van der Waals surface area contributed by atoms with Crippen LogP contribution in [0.5, 0.6) is 5.75 Å². The van der Waals surface area contributed by atoms with Crippen LogP contribution in [0.1, 0.15) is 37.8 Å². The van der Waals surface area contributed by atoms with Gasteiger partial charge in [0.25, 0.3) is 0 Å². The van der Waals surface area contributed by atoms with Gasteiger partial charge in [-0.05, 0) is 50.3 Å². The molecule has 1 aromatic carbocycles. The first-order valence-corrected chi connectivity index (χ1v) is 7.51. The van der Waals surface area contributed by atoms with Crippen LogP contribution in [-0.4, -0.2) is 27.0 Å². The van der Waals surface area contributed by atoms with Crippen molar-refractivity contribution in [3.05, 3.63) is 35.4 Å². The van der Waals surface area contributed by atoms with Gasteiger partial charge in [0.1, 0.15) is 5.75 Å². The van der Waals surface area contributed by atoms with Crippen LogP contribution in [-0.2, 0) is 20.7 Å². The van der Waals surface area contributed by atoms with E-state index in [1.165, 1.54) is 18.2 Å². The molecule has 0 fully saturated rings. The topological polar surface area (TPSA) is 44.8 Å². The zero-order valence-electron chi connectivity index (χ0n) is 13.8. The number of carbonyl (C=O) groups excluding carboxylic acids is 1. The Morgan fingerprint density at radius 3 is 2.73 bits per heavy atom. The quantitative estimate of drug-likeness (QED) is 0.595. The third-order valence-electron chi connectivity index (χ3n) is 3.97. The van der Waals surface area contributed by atoms with E-state index in [4.69, 9.17) is 14.2 Å². The largest absolute Gasteiger partial charge is 0.469 e. The van der Waals surface area contributed by atoms with Crippen LogP contribution in [0.25, 0.3) is 5.57 Å². The number of carbonyl (C=O) groups is 1. The fourth-order valence-electron chi connectivity index (χ4n) is 2.87. The zero-order chi connectivity index (χ0) is 16.2. The molecule has 1 aliphatic carbocycles. The Balaban J connectivity index is 2.28. The first-order chi connectivity index (χ1) is 10.5. The van der Waals surface area contributed by atoms with Crippen molar-refractivity contribution in [2.45, 2.75) is 33.1 Å². The van der Waals surface area contributed by atoms with E-state index >= 15 is 0 Å². The van der Waals surface area contributed by atoms with Crippen molar-refractivity contribution in [1.82, 2.24) is 0 Å². The van der Waals surface area contributed by atoms with Crippen LogP contribution >= 0.6 is 0 Å². The minimum absolute atomic E-state index is 0.188. The maximum absolute atomic E-state index is 11.9. The van der Waals surface area contributed by atoms with Gasteiger partial charge in [0.15, 0.2) is 6.79 Å². The highest BCUT2D eigenvalue weighted by Gasteiger charge is 2.31. The summed E-state index contributed by atoms with van der Waals surface area (Å²) in [5.41, 5.74) is 2.99. The number of allylic oxidation sites excluding steroid dienone is 2. The van der Waals surface area contributed by atoms with E-state index in [0.29, 0.717) is 6.42 Å². The molecule has 0 N–H and O–H groups in total. The summed E-state index contributed by atoms with van der Waals surface area (Å²) in [6, 6.07) is 6.04. The van der Waals surface area contributed by atoms with Crippen LogP contribution in [0.15, 0.2) is 24.3 Å². The van der Waals surface area contributed by atoms with Crippen molar-refractivity contribution >= 4 is 11.5 Å². The summed E-state index contributed by atoms with van der Waals surface area (Å²) in [6.07, 6.45) is 4.76. The smallest absolute Gasteiger partial charge is 0.311 e. The van der Waals surface area contributed by atoms with Gasteiger partial charge in [-0.15, -0.1) is 0 Å². The normalized spacial score (nSPS) is 14.1. The predicted molar refractivity (Wildman–Crippen MR) is 85.7 cm³/mol. The average Bonchev–Trinajstić information content (AvgIpc) is 2.52. The lowest BCUT2D eigenvalue weighted by Gasteiger charge is -2.27. The van der Waals surface area contributed by atoms with Crippen LogP contribution in [0, 0.1) is 5.41 Å². The Labute approximate surface area is 132 Å². The number of methoxy groups -OCH3 is 2. The van der Waals surface area contributed by atoms with Gasteiger partial charge in [-0.3, -0.25) is 4.79 Å². The Hall–Kier alpha value is -1.81. The molecule has 0 aliphatic heterocycles. The molecule has 0 heterocycles. The number of esters is 1. The predicted octanol–water partition coefficient (Wildman–Crippen LogP) is 3.59. The Bertz CT molecular complexity index is 572. The van der Waals surface area contributed by atoms with Gasteiger partial charge in [0.05, 0.1) is 12.5 Å². The van der Waals surface area contributed by atoms with E-state index in [2.05, 4.69) is 12.1 Å². The van der Waals surface area contributed by atoms with Gasteiger partial charge >= 0.3 is 5.97 Å². The lowest BCUT2D eigenvalue weighted by atomic mass is 9.79. The molecule has 1 aliphatic rings. The van der Waals surface area contributed by atoms with E-state index in [9.17, 15) is 4.79 Å². The number of ether oxygens (including phenoxy) is 3. The highest BCUT2D eigenvalue weighted by atomic mass is 16.7. The lowest BCUT2D eigenvalue weighted by molar-refractivity contribution is -0.150. The third-order valence-corrected chi connectivity index (χ3v) is 3.97. The number of hydrogen-bond acceptors (Lipinski definition) is 4. The van der Waals surface area contributed by atoms with Crippen LogP contribution in [0.4, 0.5) is 0 Å². The molecule has 0 saturated heterocycles. The van der Waals surface area contributed by atoms with Crippen molar-refractivity contribution in [3.8, 4) is 5.75 Å². The molecular weight excluding hydrogens is 280 g/mol. The van der Waals surface area contributed by atoms with Crippen molar-refractivity contribution in [2.24, 2.45) is 5.41 Å². The van der Waals surface area contributed by atoms with Crippen molar-refractivity contribution in [2.75, 3.05) is 21.0 Å². The summed E-state index contributed by atoms with van der Waals surface area (Å²) in [4.78, 5) is 11.9. The van der Waals surface area contributed by atoms with E-state index in [1.807, 2.05) is 26.0 Å². The zero-order valence-corrected chi connectivity index (χ0v) is 13.8. The SMILES string of the molecule is COCOc1cccc2c1CCC=C2CC(C)(C)C(=O)OC. The van der Waals surface area contributed by atoms with Gasteiger partial charge in [-0.25, -0.2) is 0 Å². The standard InChI is InChI=1S/C18H24O4/c1-18(2,17(19)21-4)11-13-7-5-9-15-14(13)8-6-10-16(15)22-12-20-3/h6-8,10H,5,9,11-12H2,1-4H3. The molecule has 2 rings (SSSR count). The Morgan fingerprint density at radius 1 is 1.27 bits per heavy atom. The third kappa shape index (κ3) is 3.50. The molecule has 0 aromatic heterocycles. The van der Waals surface area contributed by atoms with Gasteiger partial charge in [-0.1, -0.05) is 18.2 Å². The maximum atomic E-state index is 11.9. The molecular formula is C18H24O4. The highest BCUT2D eigenvalue weighted by Crippen LogP contribution is 2.39. The summed E-state index contributed by atoms with van der Waals surface area (Å²) in [7, 11) is 3.05. The number of rotatable bonds is 6. The molecule has 0 spiro atoms. The molecule has 0 unspecified atom stereocenters. The fraction of sp³-hybridized carbons (Fsp3) is 0.500. The molecule has 0 atom stereocenters. The molecule has 0 amide bonds. The van der Waals surface area contributed by atoms with Crippen molar-refractivity contribution in [3.63, 3.8) is 0 Å². The summed E-state index contributed by atoms with van der Waals surface area (Å²) < 4.78 is 15.6. The van der Waals surface area contributed by atoms with Crippen molar-refractivity contribution < 1.29 is 19.0 Å². The second-order valence-electron chi connectivity index (χ2n) is 6.15. The van der Waals surface area contributed by atoms with E-state index in [-0.39, 0.29) is 12.8 Å². The Kier molecular flexibility index (Phi) is 5.24. The summed E-state index contributed by atoms with van der Waals surface area (Å²) in [5.74, 6) is 0.674. The number of fused-ring (bicyclic) bond motifs is 1. The van der Waals surface area contributed by atoms with Crippen molar-refractivity contribution in [1.29, 1.82) is 0 Å². The summed E-state index contributed by atoms with van der Waals surface area (Å²) >= 11 is 0. The molecule has 1 aromatic rings. The van der Waals surface area contributed by atoms with E-state index < -0.39 is 5.41 Å². The minimum atomic E-state index is -0.543. The fourth-order valence-corrected chi connectivity index (χ4v) is 2.87. The van der Waals surface area contributed by atoms with Gasteiger partial charge < -0.3 is 14.2 Å². The number of benzene rings is 1. The molecule has 0 saturated carbocycles. The van der Waals surface area contributed by atoms with E-state index in [1.54, 1.807) is 7.11 Å². The molecule has 120 valence electrons. The average molecular weight is 304 g/mol. The first-order valence-electron chi connectivity index (χ1n) is 7.51. The van der Waals surface area contributed by atoms with E-state index in [0.717, 1.165) is 24.2 Å². The lowest BCUT2D eigenvalue weighted by Crippen LogP contribution is -2.26. The summed E-state index contributed by atoms with van der Waals surface area (Å²) in [6.45, 7) is 4.07. The second-order valence-corrected chi connectivity index (χ2v) is 6.15. The molecule has 0 bridgehead atoms.